The first-order valence-corrected chi connectivity index (χ1v) is 9.86. The molecule has 28 heavy (non-hydrogen) atoms. The zero-order valence-corrected chi connectivity index (χ0v) is 15.7. The van der Waals surface area contributed by atoms with Crippen LogP contribution in [-0.4, -0.2) is 32.8 Å². The fourth-order valence-corrected chi connectivity index (χ4v) is 4.36. The molecule has 5 aromatic rings. The van der Waals surface area contributed by atoms with Crippen molar-refractivity contribution in [2.45, 2.75) is 5.92 Å². The minimum absolute atomic E-state index is 0.0795. The van der Waals surface area contributed by atoms with E-state index >= 15 is 0 Å². The molecule has 0 fully saturated rings. The first kappa shape index (κ1) is 16.7. The van der Waals surface area contributed by atoms with Gasteiger partial charge in [0.2, 0.25) is 0 Å². The number of amides is 1. The second-order valence-electron chi connectivity index (χ2n) is 6.59. The predicted molar refractivity (Wildman–Crippen MR) is 111 cm³/mol. The maximum atomic E-state index is 12.7. The molecule has 6 nitrogen and oxygen atoms in total. The number of nitrogens with one attached hydrogen (secondary N) is 3. The third kappa shape index (κ3) is 2.95. The molecule has 0 radical (unpaired) electrons. The Morgan fingerprint density at radius 3 is 2.86 bits per heavy atom. The van der Waals surface area contributed by atoms with E-state index in [1.165, 1.54) is 15.8 Å². The zero-order valence-electron chi connectivity index (χ0n) is 14.8. The molecule has 138 valence electrons. The molecular weight excluding hydrogens is 370 g/mol. The SMILES string of the molecule is O=C(NCC(c1cccs1)c1c[nH]c2ccccc12)c1ccc2n[nH]nc2c1. The molecule has 0 aliphatic rings. The second-order valence-corrected chi connectivity index (χ2v) is 7.57. The van der Waals surface area contributed by atoms with E-state index in [0.717, 1.165) is 11.0 Å². The molecule has 3 heterocycles. The number of para-hydroxylation sites is 1. The van der Waals surface area contributed by atoms with Gasteiger partial charge in [-0.15, -0.1) is 11.3 Å². The summed E-state index contributed by atoms with van der Waals surface area (Å²) >= 11 is 1.70. The highest BCUT2D eigenvalue weighted by atomic mass is 32.1. The number of hydrogen-bond donors (Lipinski definition) is 3. The third-order valence-corrected chi connectivity index (χ3v) is 5.91. The molecule has 0 spiro atoms. The molecule has 1 amide bonds. The van der Waals surface area contributed by atoms with Crippen molar-refractivity contribution < 1.29 is 4.79 Å². The van der Waals surface area contributed by atoms with Crippen LogP contribution in [0, 0.1) is 0 Å². The van der Waals surface area contributed by atoms with Gasteiger partial charge in [0.1, 0.15) is 11.0 Å². The van der Waals surface area contributed by atoms with Crippen molar-refractivity contribution in [3.63, 3.8) is 0 Å². The number of fused-ring (bicyclic) bond motifs is 2. The lowest BCUT2D eigenvalue weighted by atomic mass is 9.96. The van der Waals surface area contributed by atoms with Crippen LogP contribution in [0.5, 0.6) is 0 Å². The first-order valence-electron chi connectivity index (χ1n) is 8.98. The molecule has 3 N–H and O–H groups in total. The lowest BCUT2D eigenvalue weighted by Gasteiger charge is -2.16. The van der Waals surface area contributed by atoms with Gasteiger partial charge in [-0.1, -0.05) is 24.3 Å². The van der Waals surface area contributed by atoms with E-state index in [1.54, 1.807) is 29.5 Å². The van der Waals surface area contributed by atoms with Crippen molar-refractivity contribution in [3.8, 4) is 0 Å². The van der Waals surface area contributed by atoms with Gasteiger partial charge in [-0.05, 0) is 41.3 Å². The first-order chi connectivity index (χ1) is 13.8. The summed E-state index contributed by atoms with van der Waals surface area (Å²) in [6.07, 6.45) is 2.04. The fraction of sp³-hybridized carbons (Fsp3) is 0.0952. The smallest absolute Gasteiger partial charge is 0.251 e. The average Bonchev–Trinajstić information content (AvgIpc) is 3.48. The molecule has 0 saturated carbocycles. The van der Waals surface area contributed by atoms with E-state index in [0.29, 0.717) is 17.6 Å². The highest BCUT2D eigenvalue weighted by Crippen LogP contribution is 2.32. The average molecular weight is 387 g/mol. The van der Waals surface area contributed by atoms with Crippen LogP contribution in [0.15, 0.2) is 66.2 Å². The van der Waals surface area contributed by atoms with Crippen LogP contribution in [0.1, 0.15) is 26.7 Å². The number of aromatic nitrogens is 4. The van der Waals surface area contributed by atoms with Crippen molar-refractivity contribution in [1.29, 1.82) is 0 Å². The van der Waals surface area contributed by atoms with Gasteiger partial charge in [0.15, 0.2) is 0 Å². The van der Waals surface area contributed by atoms with Crippen LogP contribution in [-0.2, 0) is 0 Å². The molecule has 1 unspecified atom stereocenters. The van der Waals surface area contributed by atoms with E-state index < -0.39 is 0 Å². The highest BCUT2D eigenvalue weighted by Gasteiger charge is 2.20. The predicted octanol–water partition coefficient (Wildman–Crippen LogP) is 4.06. The molecule has 0 bridgehead atoms. The van der Waals surface area contributed by atoms with E-state index in [-0.39, 0.29) is 11.8 Å². The Kier molecular flexibility index (Phi) is 4.14. The van der Waals surface area contributed by atoms with Gasteiger partial charge in [0, 0.05) is 40.0 Å². The second kappa shape index (κ2) is 6.94. The Morgan fingerprint density at radius 2 is 1.96 bits per heavy atom. The largest absolute Gasteiger partial charge is 0.361 e. The van der Waals surface area contributed by atoms with E-state index in [4.69, 9.17) is 0 Å². The number of carbonyl (C=O) groups excluding carboxylic acids is 1. The standard InChI is InChI=1S/C21H17N5OS/c27-21(13-7-8-18-19(10-13)25-26-24-18)23-12-16(20-6-3-9-28-20)15-11-22-17-5-2-1-4-14(15)17/h1-11,16,22H,12H2,(H,23,27)(H,24,25,26). The van der Waals surface area contributed by atoms with Crippen LogP contribution in [0.3, 0.4) is 0 Å². The van der Waals surface area contributed by atoms with Gasteiger partial charge in [-0.3, -0.25) is 4.79 Å². The van der Waals surface area contributed by atoms with Gasteiger partial charge in [-0.25, -0.2) is 0 Å². The lowest BCUT2D eigenvalue weighted by Crippen LogP contribution is -2.28. The van der Waals surface area contributed by atoms with E-state index in [2.05, 4.69) is 49.3 Å². The summed E-state index contributed by atoms with van der Waals surface area (Å²) in [5.74, 6) is -0.0396. The summed E-state index contributed by atoms with van der Waals surface area (Å²) in [7, 11) is 0. The summed E-state index contributed by atoms with van der Waals surface area (Å²) in [5.41, 5.74) is 4.28. The molecule has 7 heteroatoms. The van der Waals surface area contributed by atoms with E-state index in [9.17, 15) is 4.79 Å². The Morgan fingerprint density at radius 1 is 1.07 bits per heavy atom. The van der Waals surface area contributed by atoms with Gasteiger partial charge in [-0.2, -0.15) is 15.4 Å². The summed E-state index contributed by atoms with van der Waals surface area (Å²) in [5, 5.41) is 17.0. The minimum atomic E-state index is -0.119. The summed E-state index contributed by atoms with van der Waals surface area (Å²) in [6.45, 7) is 0.512. The molecule has 2 aromatic carbocycles. The molecule has 0 saturated heterocycles. The molecule has 3 aromatic heterocycles. The van der Waals surface area contributed by atoms with Gasteiger partial charge in [0.05, 0.1) is 0 Å². The number of aromatic amines is 2. The van der Waals surface area contributed by atoms with Crippen LogP contribution in [0.2, 0.25) is 0 Å². The van der Waals surface area contributed by atoms with Gasteiger partial charge < -0.3 is 10.3 Å². The Hall–Kier alpha value is -3.45. The fourth-order valence-electron chi connectivity index (χ4n) is 3.51. The Bertz CT molecular complexity index is 1250. The van der Waals surface area contributed by atoms with Crippen LogP contribution < -0.4 is 5.32 Å². The van der Waals surface area contributed by atoms with Gasteiger partial charge in [0.25, 0.3) is 5.91 Å². The maximum absolute atomic E-state index is 12.7. The Labute approximate surface area is 164 Å². The summed E-state index contributed by atoms with van der Waals surface area (Å²) in [4.78, 5) is 17.3. The number of thiophene rings is 1. The Balaban J connectivity index is 1.43. The zero-order chi connectivity index (χ0) is 18.9. The van der Waals surface area contributed by atoms with Crippen molar-refractivity contribution in [1.82, 2.24) is 25.7 Å². The number of rotatable bonds is 5. The topological polar surface area (TPSA) is 86.5 Å². The monoisotopic (exact) mass is 387 g/mol. The number of nitrogens with zero attached hydrogens (tertiary/aromatic N) is 2. The molecule has 0 aliphatic carbocycles. The minimum Gasteiger partial charge on any atom is -0.361 e. The molecule has 1 atom stereocenters. The summed E-state index contributed by atoms with van der Waals surface area (Å²) < 4.78 is 0. The van der Waals surface area contributed by atoms with Crippen LogP contribution in [0.25, 0.3) is 21.9 Å². The van der Waals surface area contributed by atoms with Crippen molar-refractivity contribution in [3.05, 3.63) is 82.2 Å². The van der Waals surface area contributed by atoms with Crippen molar-refractivity contribution >= 4 is 39.2 Å². The number of carbonyl (C=O) groups is 1. The number of H-pyrrole nitrogens is 2. The normalized spacial score (nSPS) is 12.4. The maximum Gasteiger partial charge on any atom is 0.251 e. The van der Waals surface area contributed by atoms with Gasteiger partial charge >= 0.3 is 0 Å². The highest BCUT2D eigenvalue weighted by molar-refractivity contribution is 7.10. The number of benzene rings is 2. The third-order valence-electron chi connectivity index (χ3n) is 4.93. The van der Waals surface area contributed by atoms with Crippen LogP contribution >= 0.6 is 11.3 Å². The quantitative estimate of drug-likeness (QED) is 0.425. The molecular formula is C21H17N5OS. The van der Waals surface area contributed by atoms with E-state index in [1.807, 2.05) is 24.4 Å². The lowest BCUT2D eigenvalue weighted by molar-refractivity contribution is 0.0952. The molecule has 5 rings (SSSR count). The summed E-state index contributed by atoms with van der Waals surface area (Å²) in [6, 6.07) is 17.7. The number of hydrogen-bond acceptors (Lipinski definition) is 4. The van der Waals surface area contributed by atoms with Crippen molar-refractivity contribution in [2.24, 2.45) is 0 Å². The van der Waals surface area contributed by atoms with Crippen molar-refractivity contribution in [2.75, 3.05) is 6.54 Å². The molecule has 0 aliphatic heterocycles. The van der Waals surface area contributed by atoms with Crippen LogP contribution in [0.4, 0.5) is 0 Å².